The number of aromatic nitrogens is 2. The van der Waals surface area contributed by atoms with Crippen LogP contribution in [0.15, 0.2) is 36.5 Å². The van der Waals surface area contributed by atoms with Crippen molar-refractivity contribution >= 4 is 11.8 Å². The number of hydrogen-bond acceptors (Lipinski definition) is 1. The highest BCUT2D eigenvalue weighted by atomic mass is 35.5. The zero-order chi connectivity index (χ0) is 11.8. The lowest BCUT2D eigenvalue weighted by molar-refractivity contribution is -0.137. The van der Waals surface area contributed by atoms with E-state index in [-0.39, 0.29) is 0 Å². The third kappa shape index (κ3) is 2.19. The first-order valence-electron chi connectivity index (χ1n) is 4.36. The van der Waals surface area contributed by atoms with Crippen LogP contribution >= 0.6 is 11.8 Å². The monoisotopic (exact) mass is 246 g/mol. The molecule has 2 nitrogen and oxygen atoms in total. The van der Waals surface area contributed by atoms with E-state index in [4.69, 9.17) is 11.8 Å². The Morgan fingerprint density at radius 2 is 1.94 bits per heavy atom. The summed E-state index contributed by atoms with van der Waals surface area (Å²) in [5.74, 6) is 0. The van der Waals surface area contributed by atoms with Crippen LogP contribution in [0.5, 0.6) is 0 Å². The molecule has 1 aromatic carbocycles. The Morgan fingerprint density at radius 3 is 2.50 bits per heavy atom. The number of rotatable bonds is 1. The summed E-state index contributed by atoms with van der Waals surface area (Å²) in [5.41, 5.74) is 0.0875. The van der Waals surface area contributed by atoms with E-state index in [0.29, 0.717) is 11.3 Å². The van der Waals surface area contributed by atoms with Crippen LogP contribution in [-0.2, 0) is 6.18 Å². The van der Waals surface area contributed by atoms with E-state index < -0.39 is 11.7 Å². The van der Waals surface area contributed by atoms with E-state index in [1.165, 1.54) is 12.3 Å². The Bertz CT molecular complexity index is 505. The first kappa shape index (κ1) is 11.0. The molecule has 0 N–H and O–H groups in total. The van der Waals surface area contributed by atoms with Crippen LogP contribution in [0.3, 0.4) is 0 Å². The van der Waals surface area contributed by atoms with Crippen molar-refractivity contribution < 1.29 is 13.2 Å². The summed E-state index contributed by atoms with van der Waals surface area (Å²) >= 11 is 5.52. The summed E-state index contributed by atoms with van der Waals surface area (Å²) in [6.45, 7) is 0. The largest absolute Gasteiger partial charge is 0.416 e. The summed E-state index contributed by atoms with van der Waals surface area (Å²) in [6, 6.07) is 6.49. The number of benzene rings is 1. The minimum absolute atomic E-state index is 0.384. The maximum atomic E-state index is 12.4. The van der Waals surface area contributed by atoms with Gasteiger partial charge in [0.15, 0.2) is 0 Å². The van der Waals surface area contributed by atoms with Gasteiger partial charge in [-0.05, 0) is 18.2 Å². The maximum absolute atomic E-state index is 12.4. The van der Waals surface area contributed by atoms with Crippen LogP contribution in [0, 0.1) is 0 Å². The van der Waals surface area contributed by atoms with Gasteiger partial charge in [0.1, 0.15) is 0 Å². The van der Waals surface area contributed by atoms with Gasteiger partial charge in [-0.3, -0.25) is 0 Å². The second kappa shape index (κ2) is 3.83. The first-order valence-corrected chi connectivity index (χ1v) is 4.70. The van der Waals surface area contributed by atoms with Crippen LogP contribution < -0.4 is 0 Å². The van der Waals surface area contributed by atoms with Crippen LogP contribution in [0.25, 0.3) is 11.3 Å². The SMILES string of the molecule is FC(F)(F)c1cccc(-c2ccn(Cl)n2)c1. The Balaban J connectivity index is 2.44. The molecular weight excluding hydrogens is 241 g/mol. The second-order valence-corrected chi connectivity index (χ2v) is 3.51. The van der Waals surface area contributed by atoms with E-state index in [1.807, 2.05) is 0 Å². The predicted octanol–water partition coefficient (Wildman–Crippen LogP) is 3.57. The van der Waals surface area contributed by atoms with Gasteiger partial charge in [-0.15, -0.1) is 0 Å². The minimum atomic E-state index is -4.35. The number of halogens is 4. The molecule has 2 aromatic rings. The normalized spacial score (nSPS) is 11.8. The molecule has 0 unspecified atom stereocenters. The van der Waals surface area contributed by atoms with Crippen molar-refractivity contribution in [1.29, 1.82) is 0 Å². The Labute approximate surface area is 94.4 Å². The molecular formula is C10H6ClF3N2. The zero-order valence-electron chi connectivity index (χ0n) is 7.87. The van der Waals surface area contributed by atoms with Gasteiger partial charge in [-0.25, -0.2) is 0 Å². The molecule has 0 amide bonds. The fraction of sp³-hybridized carbons (Fsp3) is 0.100. The van der Waals surface area contributed by atoms with Crippen molar-refractivity contribution in [3.8, 4) is 11.3 Å². The molecule has 0 saturated heterocycles. The van der Waals surface area contributed by atoms with Crippen molar-refractivity contribution in [3.63, 3.8) is 0 Å². The molecule has 16 heavy (non-hydrogen) atoms. The molecule has 0 spiro atoms. The lowest BCUT2D eigenvalue weighted by Gasteiger charge is -2.07. The summed E-state index contributed by atoms with van der Waals surface area (Å²) in [5, 5.41) is 3.82. The molecule has 0 radical (unpaired) electrons. The van der Waals surface area contributed by atoms with Gasteiger partial charge in [0, 0.05) is 23.5 Å². The Morgan fingerprint density at radius 1 is 1.19 bits per heavy atom. The summed E-state index contributed by atoms with van der Waals surface area (Å²) in [7, 11) is 0. The molecule has 0 saturated carbocycles. The van der Waals surface area contributed by atoms with Crippen molar-refractivity contribution in [1.82, 2.24) is 9.30 Å². The van der Waals surface area contributed by atoms with Gasteiger partial charge in [-0.1, -0.05) is 12.1 Å². The number of alkyl halides is 3. The van der Waals surface area contributed by atoms with Gasteiger partial charge >= 0.3 is 6.18 Å². The van der Waals surface area contributed by atoms with Crippen molar-refractivity contribution in [2.24, 2.45) is 0 Å². The minimum Gasteiger partial charge on any atom is -0.180 e. The average molecular weight is 247 g/mol. The molecule has 84 valence electrons. The lowest BCUT2D eigenvalue weighted by atomic mass is 10.1. The highest BCUT2D eigenvalue weighted by Gasteiger charge is 2.30. The smallest absolute Gasteiger partial charge is 0.180 e. The molecule has 1 heterocycles. The molecule has 0 aliphatic rings. The van der Waals surface area contributed by atoms with E-state index in [1.54, 1.807) is 12.1 Å². The van der Waals surface area contributed by atoms with E-state index in [9.17, 15) is 13.2 Å². The highest BCUT2D eigenvalue weighted by Crippen LogP contribution is 2.31. The highest BCUT2D eigenvalue weighted by molar-refractivity contribution is 6.14. The van der Waals surface area contributed by atoms with Gasteiger partial charge < -0.3 is 0 Å². The molecule has 0 aliphatic carbocycles. The molecule has 0 bridgehead atoms. The Kier molecular flexibility index (Phi) is 2.63. The van der Waals surface area contributed by atoms with E-state index in [2.05, 4.69) is 5.10 Å². The van der Waals surface area contributed by atoms with Crippen molar-refractivity contribution in [2.75, 3.05) is 0 Å². The third-order valence-electron chi connectivity index (χ3n) is 2.04. The average Bonchev–Trinajstić information content (AvgIpc) is 2.64. The fourth-order valence-corrected chi connectivity index (χ4v) is 1.45. The molecule has 0 fully saturated rings. The summed E-state index contributed by atoms with van der Waals surface area (Å²) in [6.07, 6.45) is -2.89. The summed E-state index contributed by atoms with van der Waals surface area (Å²) in [4.78, 5) is 0. The van der Waals surface area contributed by atoms with Crippen molar-refractivity contribution in [3.05, 3.63) is 42.1 Å². The van der Waals surface area contributed by atoms with Crippen LogP contribution in [0.4, 0.5) is 13.2 Å². The van der Waals surface area contributed by atoms with Crippen LogP contribution in [0.2, 0.25) is 0 Å². The zero-order valence-corrected chi connectivity index (χ0v) is 8.63. The van der Waals surface area contributed by atoms with Gasteiger partial charge in [0.25, 0.3) is 0 Å². The molecule has 0 atom stereocenters. The van der Waals surface area contributed by atoms with Gasteiger partial charge in [-0.2, -0.15) is 22.5 Å². The topological polar surface area (TPSA) is 17.8 Å². The first-order chi connectivity index (χ1) is 7.47. The molecule has 6 heteroatoms. The van der Waals surface area contributed by atoms with Gasteiger partial charge in [0.2, 0.25) is 0 Å². The second-order valence-electron chi connectivity index (χ2n) is 3.17. The lowest BCUT2D eigenvalue weighted by Crippen LogP contribution is -2.04. The standard InChI is InChI=1S/C10H6ClF3N2/c11-16-5-4-9(15-16)7-2-1-3-8(6-7)10(12,13)14/h1-6H. The molecule has 0 aliphatic heterocycles. The molecule has 2 rings (SSSR count). The van der Waals surface area contributed by atoms with E-state index in [0.717, 1.165) is 16.3 Å². The Hall–Kier alpha value is -1.49. The van der Waals surface area contributed by atoms with Crippen LogP contribution in [0.1, 0.15) is 5.56 Å². The third-order valence-corrected chi connectivity index (χ3v) is 2.23. The number of nitrogens with zero attached hydrogens (tertiary/aromatic N) is 2. The quantitative estimate of drug-likeness (QED) is 0.752. The fourth-order valence-electron chi connectivity index (χ4n) is 1.31. The van der Waals surface area contributed by atoms with Gasteiger partial charge in [0.05, 0.1) is 11.3 Å². The molecule has 1 aromatic heterocycles. The van der Waals surface area contributed by atoms with Crippen LogP contribution in [-0.4, -0.2) is 9.30 Å². The summed E-state index contributed by atoms with van der Waals surface area (Å²) < 4.78 is 38.3. The van der Waals surface area contributed by atoms with E-state index >= 15 is 0 Å². The maximum Gasteiger partial charge on any atom is 0.416 e. The van der Waals surface area contributed by atoms with Crippen molar-refractivity contribution in [2.45, 2.75) is 6.18 Å². The predicted molar refractivity (Wildman–Crippen MR) is 53.9 cm³/mol. The number of hydrogen-bond donors (Lipinski definition) is 0.